The lowest BCUT2D eigenvalue weighted by molar-refractivity contribution is -0.143. The van der Waals surface area contributed by atoms with Crippen LogP contribution < -0.4 is 11.1 Å². The Morgan fingerprint density at radius 1 is 1.18 bits per heavy atom. The number of nitriles is 1. The molecule has 0 spiro atoms. The topological polar surface area (TPSA) is 153 Å². The third kappa shape index (κ3) is 4.06. The third-order valence-electron chi connectivity index (χ3n) is 4.44. The van der Waals surface area contributed by atoms with Gasteiger partial charge in [-0.2, -0.15) is 33.7 Å². The Bertz CT molecular complexity index is 1390. The van der Waals surface area contributed by atoms with E-state index < -0.39 is 23.3 Å². The molecule has 0 unspecified atom stereocenters. The van der Waals surface area contributed by atoms with Crippen LogP contribution in [0.15, 0.2) is 43.0 Å². The summed E-state index contributed by atoms with van der Waals surface area (Å²) in [5, 5.41) is 23.2. The van der Waals surface area contributed by atoms with Crippen molar-refractivity contribution in [1.29, 1.82) is 5.26 Å². The predicted octanol–water partition coefficient (Wildman–Crippen LogP) is 2.28. The van der Waals surface area contributed by atoms with Crippen LogP contribution in [0.25, 0.3) is 11.5 Å². The minimum Gasteiger partial charge on any atom is -0.384 e. The van der Waals surface area contributed by atoms with Crippen LogP contribution in [0.2, 0.25) is 0 Å². The van der Waals surface area contributed by atoms with Crippen LogP contribution in [-0.2, 0) is 6.18 Å². The molecule has 14 heteroatoms. The monoisotopic (exact) mass is 454 g/mol. The molecule has 0 atom stereocenters. The number of aryl methyl sites for hydroxylation is 1. The summed E-state index contributed by atoms with van der Waals surface area (Å²) in [6, 6.07) is 5.78. The minimum atomic E-state index is -4.91. The van der Waals surface area contributed by atoms with Crippen LogP contribution in [-0.4, -0.2) is 40.6 Å². The van der Waals surface area contributed by atoms with Gasteiger partial charge in [0.2, 0.25) is 0 Å². The first-order chi connectivity index (χ1) is 15.7. The molecule has 33 heavy (non-hydrogen) atoms. The highest BCUT2D eigenvalue weighted by Crippen LogP contribution is 2.34. The fraction of sp³-hybridized carbons (Fsp3) is 0.105. The first kappa shape index (κ1) is 21.4. The summed E-state index contributed by atoms with van der Waals surface area (Å²) in [6.07, 6.45) is -0.180. The number of carbonyl (C=O) groups is 1. The molecule has 4 heterocycles. The molecule has 4 aromatic rings. The van der Waals surface area contributed by atoms with Gasteiger partial charge in [-0.05, 0) is 25.1 Å². The van der Waals surface area contributed by atoms with Crippen molar-refractivity contribution in [2.75, 3.05) is 11.1 Å². The number of nitrogens with zero attached hydrogens (tertiary/aromatic N) is 8. The van der Waals surface area contributed by atoms with Crippen LogP contribution in [0, 0.1) is 18.3 Å². The fourth-order valence-electron chi connectivity index (χ4n) is 3.06. The first-order valence-electron chi connectivity index (χ1n) is 9.16. The number of alkyl halides is 3. The van der Waals surface area contributed by atoms with Crippen LogP contribution in [0.1, 0.15) is 27.3 Å². The summed E-state index contributed by atoms with van der Waals surface area (Å²) in [5.74, 6) is -0.870. The number of aromatic nitrogens is 7. The number of carbonyl (C=O) groups excluding carboxylic acids is 1. The zero-order valence-corrected chi connectivity index (χ0v) is 16.7. The summed E-state index contributed by atoms with van der Waals surface area (Å²) in [7, 11) is 0. The van der Waals surface area contributed by atoms with Gasteiger partial charge in [0.25, 0.3) is 5.91 Å². The standard InChI is InChI=1S/C19H13F3N10O/c1-10-14(2-3-15(24)29-10)31-16(19(20,21)22)13(9-28-31)18(33)30-12-6-11(7-23)17(25-8-12)32-26-4-5-27-32/h2-6,8-9H,1H3,(H2,24,29)(H,30,33). The quantitative estimate of drug-likeness (QED) is 0.476. The molecule has 4 rings (SSSR count). The van der Waals surface area contributed by atoms with Crippen molar-refractivity contribution in [3.8, 4) is 17.6 Å². The maximum Gasteiger partial charge on any atom is 0.434 e. The Labute approximate surface area is 183 Å². The Kier molecular flexibility index (Phi) is 5.22. The third-order valence-corrected chi connectivity index (χ3v) is 4.44. The highest BCUT2D eigenvalue weighted by Gasteiger charge is 2.41. The first-order valence-corrected chi connectivity index (χ1v) is 9.16. The van der Waals surface area contributed by atoms with E-state index >= 15 is 0 Å². The summed E-state index contributed by atoms with van der Waals surface area (Å²) in [6.45, 7) is 1.47. The second-order valence-corrected chi connectivity index (χ2v) is 6.64. The van der Waals surface area contributed by atoms with E-state index in [1.165, 1.54) is 43.7 Å². The number of nitrogens with two attached hydrogens (primary N) is 1. The van der Waals surface area contributed by atoms with Gasteiger partial charge >= 0.3 is 6.18 Å². The fourth-order valence-corrected chi connectivity index (χ4v) is 3.06. The Morgan fingerprint density at radius 3 is 2.55 bits per heavy atom. The molecule has 3 N–H and O–H groups in total. The number of nitrogens with one attached hydrogen (secondary N) is 1. The van der Waals surface area contributed by atoms with E-state index in [2.05, 4.69) is 30.6 Å². The average Bonchev–Trinajstić information content (AvgIpc) is 3.43. The molecule has 0 fully saturated rings. The zero-order chi connectivity index (χ0) is 23.8. The molecular weight excluding hydrogens is 441 g/mol. The van der Waals surface area contributed by atoms with Crippen molar-refractivity contribution in [2.45, 2.75) is 13.1 Å². The van der Waals surface area contributed by atoms with E-state index in [0.717, 1.165) is 11.0 Å². The van der Waals surface area contributed by atoms with E-state index in [9.17, 15) is 23.2 Å². The summed E-state index contributed by atoms with van der Waals surface area (Å²) < 4.78 is 42.3. The van der Waals surface area contributed by atoms with Gasteiger partial charge in [0, 0.05) is 0 Å². The Morgan fingerprint density at radius 2 is 1.91 bits per heavy atom. The molecule has 166 valence electrons. The highest BCUT2D eigenvalue weighted by molar-refractivity contribution is 6.05. The second kappa shape index (κ2) is 8.04. The molecule has 0 aliphatic rings. The van der Waals surface area contributed by atoms with Gasteiger partial charge < -0.3 is 11.1 Å². The van der Waals surface area contributed by atoms with E-state index in [1.807, 2.05) is 6.07 Å². The van der Waals surface area contributed by atoms with Gasteiger partial charge in [-0.3, -0.25) is 4.79 Å². The van der Waals surface area contributed by atoms with Crippen molar-refractivity contribution in [2.24, 2.45) is 0 Å². The van der Waals surface area contributed by atoms with Crippen LogP contribution >= 0.6 is 0 Å². The van der Waals surface area contributed by atoms with Crippen molar-refractivity contribution in [3.63, 3.8) is 0 Å². The largest absolute Gasteiger partial charge is 0.434 e. The summed E-state index contributed by atoms with van der Waals surface area (Å²) in [4.78, 5) is 21.8. The summed E-state index contributed by atoms with van der Waals surface area (Å²) in [5.41, 5.74) is 3.76. The minimum absolute atomic E-state index is 0.000636. The molecule has 0 saturated heterocycles. The Hall–Kier alpha value is -4.80. The molecule has 0 saturated carbocycles. The number of hydrogen-bond acceptors (Lipinski definition) is 8. The van der Waals surface area contributed by atoms with E-state index in [0.29, 0.717) is 4.68 Å². The van der Waals surface area contributed by atoms with E-state index in [1.54, 1.807) is 0 Å². The van der Waals surface area contributed by atoms with Crippen molar-refractivity contribution < 1.29 is 18.0 Å². The summed E-state index contributed by atoms with van der Waals surface area (Å²) >= 11 is 0. The number of hydrogen-bond donors (Lipinski definition) is 2. The lowest BCUT2D eigenvalue weighted by atomic mass is 10.2. The zero-order valence-electron chi connectivity index (χ0n) is 16.7. The number of rotatable bonds is 4. The van der Waals surface area contributed by atoms with Gasteiger partial charge in [-0.25, -0.2) is 14.6 Å². The van der Waals surface area contributed by atoms with Crippen molar-refractivity contribution in [1.82, 2.24) is 34.7 Å². The number of halogens is 3. The molecule has 0 bridgehead atoms. The number of pyridine rings is 2. The molecule has 0 radical (unpaired) electrons. The maximum atomic E-state index is 13.9. The second-order valence-electron chi connectivity index (χ2n) is 6.64. The van der Waals surface area contributed by atoms with Crippen LogP contribution in [0.5, 0.6) is 0 Å². The van der Waals surface area contributed by atoms with Crippen molar-refractivity contribution in [3.05, 3.63) is 65.5 Å². The lowest BCUT2D eigenvalue weighted by Crippen LogP contribution is -2.21. The molecule has 0 aliphatic carbocycles. The number of amides is 1. The molecule has 1 amide bonds. The van der Waals surface area contributed by atoms with Crippen LogP contribution in [0.4, 0.5) is 24.7 Å². The van der Waals surface area contributed by atoms with Crippen LogP contribution in [0.3, 0.4) is 0 Å². The predicted molar refractivity (Wildman–Crippen MR) is 107 cm³/mol. The van der Waals surface area contributed by atoms with E-state index in [-0.39, 0.29) is 34.3 Å². The smallest absolute Gasteiger partial charge is 0.384 e. The van der Waals surface area contributed by atoms with Gasteiger partial charge in [0.15, 0.2) is 11.5 Å². The molecular formula is C19H13F3N10O. The van der Waals surface area contributed by atoms with Gasteiger partial charge in [0.1, 0.15) is 17.5 Å². The Balaban J connectivity index is 1.71. The molecule has 0 aliphatic heterocycles. The molecule has 0 aromatic carbocycles. The average molecular weight is 454 g/mol. The van der Waals surface area contributed by atoms with E-state index in [4.69, 9.17) is 5.73 Å². The molecule has 4 aromatic heterocycles. The van der Waals surface area contributed by atoms with Gasteiger partial charge in [0.05, 0.1) is 47.4 Å². The van der Waals surface area contributed by atoms with Gasteiger partial charge in [-0.1, -0.05) is 0 Å². The lowest BCUT2D eigenvalue weighted by Gasteiger charge is -2.14. The number of anilines is 2. The van der Waals surface area contributed by atoms with Gasteiger partial charge in [-0.15, -0.1) is 4.80 Å². The SMILES string of the molecule is Cc1nc(N)ccc1-n1ncc(C(=O)Nc2cnc(-n3nccn3)c(C#N)c2)c1C(F)(F)F. The molecule has 11 nitrogen and oxygen atoms in total. The highest BCUT2D eigenvalue weighted by atomic mass is 19.4. The normalized spacial score (nSPS) is 11.2. The van der Waals surface area contributed by atoms with Crippen molar-refractivity contribution >= 4 is 17.4 Å². The number of nitrogen functional groups attached to an aromatic ring is 1. The maximum absolute atomic E-state index is 13.9.